The third-order valence-electron chi connectivity index (χ3n) is 6.77. The fraction of sp³-hybridized carbons (Fsp3) is 0.367. The molecule has 0 unspecified atom stereocenters. The first-order valence-corrected chi connectivity index (χ1v) is 12.3. The van der Waals surface area contributed by atoms with E-state index in [2.05, 4.69) is 0 Å². The van der Waals surface area contributed by atoms with E-state index in [-0.39, 0.29) is 57.9 Å². The molecule has 37 heavy (non-hydrogen) atoms. The predicted molar refractivity (Wildman–Crippen MR) is 144 cm³/mol. The van der Waals surface area contributed by atoms with E-state index in [1.165, 1.54) is 18.2 Å². The van der Waals surface area contributed by atoms with Crippen molar-refractivity contribution in [3.63, 3.8) is 0 Å². The zero-order chi connectivity index (χ0) is 27.2. The van der Waals surface area contributed by atoms with E-state index in [1.807, 2.05) is 39.8 Å². The molecule has 1 aliphatic heterocycles. The number of rotatable bonds is 5. The summed E-state index contributed by atoms with van der Waals surface area (Å²) < 4.78 is 12.6. The van der Waals surface area contributed by atoms with Crippen LogP contribution in [0.15, 0.2) is 50.7 Å². The second-order valence-electron chi connectivity index (χ2n) is 10.7. The van der Waals surface area contributed by atoms with Gasteiger partial charge in [0.2, 0.25) is 5.43 Å². The van der Waals surface area contributed by atoms with Gasteiger partial charge in [0.15, 0.2) is 0 Å². The molecule has 196 valence electrons. The molecular weight excluding hydrogens is 472 g/mol. The Bertz CT molecular complexity index is 1500. The quantitative estimate of drug-likeness (QED) is 0.329. The fourth-order valence-corrected chi connectivity index (χ4v) is 4.54. The summed E-state index contributed by atoms with van der Waals surface area (Å²) in [5, 5.41) is 42.8. The monoisotopic (exact) mass is 506 g/mol. The van der Waals surface area contributed by atoms with Crippen molar-refractivity contribution in [3.8, 4) is 34.3 Å². The average Bonchev–Trinajstić information content (AvgIpc) is 2.79. The molecule has 1 atom stereocenters. The number of fused-ring (bicyclic) bond motifs is 3. The topological polar surface area (TPSA) is 120 Å². The highest BCUT2D eigenvalue weighted by Gasteiger charge is 2.40. The van der Waals surface area contributed by atoms with E-state index < -0.39 is 17.1 Å². The number of aliphatic hydroxyl groups excluding tert-OH is 1. The fourth-order valence-electron chi connectivity index (χ4n) is 4.54. The molecule has 0 bridgehead atoms. The normalized spacial score (nSPS) is 16.1. The van der Waals surface area contributed by atoms with Gasteiger partial charge in [-0.05, 0) is 66.5 Å². The lowest BCUT2D eigenvalue weighted by Crippen LogP contribution is -2.46. The number of ether oxygens (including phenoxy) is 1. The molecule has 0 aliphatic carbocycles. The van der Waals surface area contributed by atoms with Gasteiger partial charge in [-0.2, -0.15) is 0 Å². The van der Waals surface area contributed by atoms with Crippen molar-refractivity contribution >= 4 is 11.0 Å². The van der Waals surface area contributed by atoms with Gasteiger partial charge in [0.05, 0.1) is 11.7 Å². The van der Waals surface area contributed by atoms with Crippen LogP contribution in [0.2, 0.25) is 0 Å². The summed E-state index contributed by atoms with van der Waals surface area (Å²) >= 11 is 0. The second-order valence-corrected chi connectivity index (χ2v) is 10.7. The molecule has 3 aromatic rings. The zero-order valence-corrected chi connectivity index (χ0v) is 22.1. The highest BCUT2D eigenvalue weighted by atomic mass is 16.5. The summed E-state index contributed by atoms with van der Waals surface area (Å²) in [6.45, 7) is 11.2. The van der Waals surface area contributed by atoms with Crippen LogP contribution in [-0.4, -0.2) is 32.1 Å². The van der Waals surface area contributed by atoms with Crippen LogP contribution in [0.3, 0.4) is 0 Å². The molecule has 7 nitrogen and oxygen atoms in total. The van der Waals surface area contributed by atoms with E-state index in [9.17, 15) is 25.2 Å². The third-order valence-corrected chi connectivity index (χ3v) is 6.77. The van der Waals surface area contributed by atoms with Crippen molar-refractivity contribution in [2.45, 2.75) is 72.5 Å². The van der Waals surface area contributed by atoms with Crippen molar-refractivity contribution in [3.05, 3.63) is 68.4 Å². The van der Waals surface area contributed by atoms with Gasteiger partial charge in [0.25, 0.3) is 0 Å². The van der Waals surface area contributed by atoms with Crippen LogP contribution in [0.4, 0.5) is 0 Å². The Labute approximate surface area is 216 Å². The first-order chi connectivity index (χ1) is 17.3. The average molecular weight is 507 g/mol. The molecule has 0 saturated heterocycles. The predicted octanol–water partition coefficient (Wildman–Crippen LogP) is 5.67. The number of hydrogen-bond donors (Lipinski definition) is 4. The van der Waals surface area contributed by atoms with E-state index in [0.717, 1.165) is 11.1 Å². The van der Waals surface area contributed by atoms with Crippen LogP contribution in [0.1, 0.15) is 58.2 Å². The zero-order valence-electron chi connectivity index (χ0n) is 22.1. The molecule has 0 spiro atoms. The van der Waals surface area contributed by atoms with Crippen molar-refractivity contribution in [2.24, 2.45) is 0 Å². The summed E-state index contributed by atoms with van der Waals surface area (Å²) in [6, 6.07) is 4.05. The Hall–Kier alpha value is -3.71. The SMILES string of the molecule is CC(C)=CCc1c2c(c3oc(-c4ccc(O)cc4O)c(CC=C(C)C)c(=O)c3c1O)C[C@H](O)C(C)(C)O2. The molecule has 0 saturated carbocycles. The van der Waals surface area contributed by atoms with E-state index in [0.29, 0.717) is 23.3 Å². The lowest BCUT2D eigenvalue weighted by Gasteiger charge is -2.38. The van der Waals surface area contributed by atoms with E-state index >= 15 is 0 Å². The standard InChI is InChI=1S/C30H34O7/c1-15(2)7-10-19-25(34)24-26(35)20(11-8-16(3)4)28-21(14-23(33)30(5,6)37-28)29(24)36-27(19)18-12-9-17(31)13-22(18)32/h7-9,12-13,23,31-33,35H,10-11,14H2,1-6H3/t23-/m0/s1. The molecule has 0 radical (unpaired) electrons. The van der Waals surface area contributed by atoms with E-state index in [4.69, 9.17) is 9.15 Å². The first kappa shape index (κ1) is 26.4. The maximum absolute atomic E-state index is 14.0. The largest absolute Gasteiger partial charge is 0.508 e. The van der Waals surface area contributed by atoms with Crippen molar-refractivity contribution in [2.75, 3.05) is 0 Å². The van der Waals surface area contributed by atoms with Gasteiger partial charge in [-0.1, -0.05) is 23.3 Å². The second kappa shape index (κ2) is 9.63. The van der Waals surface area contributed by atoms with Gasteiger partial charge >= 0.3 is 0 Å². The van der Waals surface area contributed by atoms with Gasteiger partial charge < -0.3 is 29.6 Å². The smallest absolute Gasteiger partial charge is 0.200 e. The highest BCUT2D eigenvalue weighted by Crippen LogP contribution is 2.47. The maximum atomic E-state index is 14.0. The molecule has 2 heterocycles. The van der Waals surface area contributed by atoms with E-state index in [1.54, 1.807) is 13.8 Å². The summed E-state index contributed by atoms with van der Waals surface area (Å²) in [5.74, 6) is -0.0824. The summed E-state index contributed by atoms with van der Waals surface area (Å²) in [4.78, 5) is 14.0. The van der Waals surface area contributed by atoms with Gasteiger partial charge in [0, 0.05) is 29.2 Å². The number of hydrogen-bond acceptors (Lipinski definition) is 7. The highest BCUT2D eigenvalue weighted by molar-refractivity contribution is 5.93. The number of aromatic hydroxyl groups is 3. The minimum Gasteiger partial charge on any atom is -0.508 e. The first-order valence-electron chi connectivity index (χ1n) is 12.3. The summed E-state index contributed by atoms with van der Waals surface area (Å²) in [7, 11) is 0. The molecular formula is C30H34O7. The van der Waals surface area contributed by atoms with Gasteiger partial charge in [-0.3, -0.25) is 4.79 Å². The van der Waals surface area contributed by atoms with Gasteiger partial charge in [-0.15, -0.1) is 0 Å². The number of allylic oxidation sites excluding steroid dienone is 4. The van der Waals surface area contributed by atoms with Crippen LogP contribution < -0.4 is 10.2 Å². The number of benzene rings is 2. The van der Waals surface area contributed by atoms with Gasteiger partial charge in [0.1, 0.15) is 45.3 Å². The molecule has 0 fully saturated rings. The Morgan fingerprint density at radius 1 is 1.03 bits per heavy atom. The Morgan fingerprint density at radius 2 is 1.65 bits per heavy atom. The Morgan fingerprint density at radius 3 is 2.24 bits per heavy atom. The van der Waals surface area contributed by atoms with Crippen LogP contribution in [0.25, 0.3) is 22.3 Å². The van der Waals surface area contributed by atoms with Crippen molar-refractivity contribution in [1.82, 2.24) is 0 Å². The Balaban J connectivity index is 2.16. The van der Waals surface area contributed by atoms with Crippen LogP contribution in [-0.2, 0) is 19.3 Å². The minimum absolute atomic E-state index is 0.0191. The molecule has 0 amide bonds. The number of aliphatic hydroxyl groups is 1. The Kier molecular flexibility index (Phi) is 6.86. The lowest BCUT2D eigenvalue weighted by molar-refractivity contribution is -0.0415. The molecule has 1 aromatic heterocycles. The van der Waals surface area contributed by atoms with Crippen LogP contribution >= 0.6 is 0 Å². The minimum atomic E-state index is -0.922. The van der Waals surface area contributed by atoms with Crippen LogP contribution in [0.5, 0.6) is 23.0 Å². The maximum Gasteiger partial charge on any atom is 0.200 e. The molecule has 4 N–H and O–H groups in total. The molecule has 7 heteroatoms. The number of phenolic OH excluding ortho intramolecular Hbond substituents is 3. The van der Waals surface area contributed by atoms with Gasteiger partial charge in [-0.25, -0.2) is 0 Å². The molecule has 2 aromatic carbocycles. The summed E-state index contributed by atoms with van der Waals surface area (Å²) in [6.07, 6.45) is 3.62. The number of phenols is 3. The third kappa shape index (κ3) is 4.83. The summed E-state index contributed by atoms with van der Waals surface area (Å²) in [5.41, 5.74) is 2.22. The molecule has 4 rings (SSSR count). The van der Waals surface area contributed by atoms with Crippen LogP contribution in [0, 0.1) is 0 Å². The van der Waals surface area contributed by atoms with Crippen molar-refractivity contribution < 1.29 is 29.6 Å². The molecule has 1 aliphatic rings. The lowest BCUT2D eigenvalue weighted by atomic mass is 9.87. The van der Waals surface area contributed by atoms with Crippen molar-refractivity contribution in [1.29, 1.82) is 0 Å².